The molecule has 3 rings (SSSR count). The van der Waals surface area contributed by atoms with E-state index in [0.29, 0.717) is 36.6 Å². The molecule has 2 atom stereocenters. The third-order valence-electron chi connectivity index (χ3n) is 4.91. The van der Waals surface area contributed by atoms with Crippen LogP contribution in [0.2, 0.25) is 0 Å². The molecule has 0 spiro atoms. The molecule has 1 amide bonds. The van der Waals surface area contributed by atoms with Gasteiger partial charge in [-0.3, -0.25) is 10.1 Å². The average molecular weight is 400 g/mol. The molecule has 29 heavy (non-hydrogen) atoms. The molecule has 156 valence electrons. The largest absolute Gasteiger partial charge is 0.493 e. The van der Waals surface area contributed by atoms with Crippen LogP contribution in [-0.4, -0.2) is 44.1 Å². The fourth-order valence-electron chi connectivity index (χ4n) is 3.34. The third-order valence-corrected chi connectivity index (χ3v) is 4.91. The summed E-state index contributed by atoms with van der Waals surface area (Å²) in [5, 5.41) is 16.3. The first-order valence-electron chi connectivity index (χ1n) is 9.72. The van der Waals surface area contributed by atoms with Gasteiger partial charge in [0.1, 0.15) is 11.9 Å². The highest BCUT2D eigenvalue weighted by Crippen LogP contribution is 2.32. The number of aliphatic hydroxyl groups is 1. The van der Waals surface area contributed by atoms with Crippen molar-refractivity contribution in [1.29, 1.82) is 0 Å². The van der Waals surface area contributed by atoms with Crippen molar-refractivity contribution in [1.82, 2.24) is 5.32 Å². The molecule has 0 saturated carbocycles. The molecule has 3 N–H and O–H groups in total. The highest BCUT2D eigenvalue weighted by Gasteiger charge is 2.22. The number of nitrogens with one attached hydrogen (secondary N) is 2. The number of fused-ring (bicyclic) bond motifs is 1. The van der Waals surface area contributed by atoms with Crippen molar-refractivity contribution < 1.29 is 24.1 Å². The van der Waals surface area contributed by atoms with Gasteiger partial charge in [0, 0.05) is 24.2 Å². The molecule has 1 aliphatic rings. The van der Waals surface area contributed by atoms with Crippen molar-refractivity contribution in [3.63, 3.8) is 0 Å². The second kappa shape index (κ2) is 9.62. The van der Waals surface area contributed by atoms with E-state index in [1.807, 2.05) is 36.4 Å². The standard InChI is InChI=1S/C22H28N2O5/c1-14(25)22(23-12-11-15-7-9-19(27-2)20(13-15)28-3)29-18-6-4-5-17-16(18)8-10-21(26)24-17/h4-7,9,13-14,22-23,25H,8,10-12H2,1-3H3,(H,24,26). The van der Waals surface area contributed by atoms with Crippen LogP contribution in [0.25, 0.3) is 0 Å². The molecule has 0 radical (unpaired) electrons. The second-order valence-corrected chi connectivity index (χ2v) is 7.00. The van der Waals surface area contributed by atoms with Crippen molar-refractivity contribution in [2.75, 3.05) is 26.1 Å². The highest BCUT2D eigenvalue weighted by atomic mass is 16.5. The Morgan fingerprint density at radius 1 is 1.10 bits per heavy atom. The van der Waals surface area contributed by atoms with E-state index >= 15 is 0 Å². The fraction of sp³-hybridized carbons (Fsp3) is 0.409. The Morgan fingerprint density at radius 2 is 1.90 bits per heavy atom. The Bertz CT molecular complexity index is 853. The molecular weight excluding hydrogens is 372 g/mol. The predicted molar refractivity (Wildman–Crippen MR) is 111 cm³/mol. The van der Waals surface area contributed by atoms with Gasteiger partial charge in [-0.05, 0) is 49.6 Å². The van der Waals surface area contributed by atoms with Crippen molar-refractivity contribution in [3.05, 3.63) is 47.5 Å². The zero-order chi connectivity index (χ0) is 20.8. The summed E-state index contributed by atoms with van der Waals surface area (Å²) in [4.78, 5) is 11.6. The molecule has 7 nitrogen and oxygen atoms in total. The third kappa shape index (κ3) is 5.19. The Morgan fingerprint density at radius 3 is 2.62 bits per heavy atom. The summed E-state index contributed by atoms with van der Waals surface area (Å²) in [6, 6.07) is 11.4. The van der Waals surface area contributed by atoms with Gasteiger partial charge in [0.15, 0.2) is 17.7 Å². The van der Waals surface area contributed by atoms with Crippen molar-refractivity contribution in [2.24, 2.45) is 0 Å². The monoisotopic (exact) mass is 400 g/mol. The van der Waals surface area contributed by atoms with Gasteiger partial charge in [-0.1, -0.05) is 12.1 Å². The maximum atomic E-state index is 11.6. The van der Waals surface area contributed by atoms with Gasteiger partial charge in [0.2, 0.25) is 5.91 Å². The number of amides is 1. The van der Waals surface area contributed by atoms with Crippen LogP contribution in [0.3, 0.4) is 0 Å². The molecule has 0 fully saturated rings. The van der Waals surface area contributed by atoms with Crippen LogP contribution in [0.4, 0.5) is 5.69 Å². The summed E-state index contributed by atoms with van der Waals surface area (Å²) >= 11 is 0. The van der Waals surface area contributed by atoms with Gasteiger partial charge in [0.05, 0.1) is 14.2 Å². The van der Waals surface area contributed by atoms with E-state index < -0.39 is 12.3 Å². The number of ether oxygens (including phenoxy) is 3. The molecule has 0 saturated heterocycles. The minimum Gasteiger partial charge on any atom is -0.493 e. The SMILES string of the molecule is COc1ccc(CCNC(Oc2cccc3c2CCC(=O)N3)C(C)O)cc1OC. The highest BCUT2D eigenvalue weighted by molar-refractivity contribution is 5.94. The molecule has 0 bridgehead atoms. The molecule has 0 aromatic heterocycles. The van der Waals surface area contributed by atoms with Crippen LogP contribution >= 0.6 is 0 Å². The minimum atomic E-state index is -0.713. The zero-order valence-corrected chi connectivity index (χ0v) is 17.0. The maximum absolute atomic E-state index is 11.6. The van der Waals surface area contributed by atoms with Crippen LogP contribution < -0.4 is 24.8 Å². The first-order valence-corrected chi connectivity index (χ1v) is 9.72. The van der Waals surface area contributed by atoms with Crippen LogP contribution in [0.15, 0.2) is 36.4 Å². The lowest BCUT2D eigenvalue weighted by Crippen LogP contribution is -2.44. The van der Waals surface area contributed by atoms with E-state index in [2.05, 4.69) is 10.6 Å². The van der Waals surface area contributed by atoms with E-state index in [1.165, 1.54) is 0 Å². The lowest BCUT2D eigenvalue weighted by atomic mass is 10.0. The predicted octanol–water partition coefficient (Wildman–Crippen LogP) is 2.51. The molecule has 2 aromatic carbocycles. The molecule has 0 aliphatic carbocycles. The van der Waals surface area contributed by atoms with Crippen molar-refractivity contribution in [3.8, 4) is 17.2 Å². The number of benzene rings is 2. The van der Waals surface area contributed by atoms with E-state index in [9.17, 15) is 9.90 Å². The van der Waals surface area contributed by atoms with Crippen LogP contribution in [-0.2, 0) is 17.6 Å². The smallest absolute Gasteiger partial charge is 0.224 e. The van der Waals surface area contributed by atoms with Gasteiger partial charge < -0.3 is 24.6 Å². The van der Waals surface area contributed by atoms with E-state index in [4.69, 9.17) is 14.2 Å². The van der Waals surface area contributed by atoms with Gasteiger partial charge in [-0.2, -0.15) is 0 Å². The number of carbonyl (C=O) groups is 1. The normalized spacial score (nSPS) is 15.1. The van der Waals surface area contributed by atoms with Crippen molar-refractivity contribution >= 4 is 11.6 Å². The average Bonchev–Trinajstić information content (AvgIpc) is 2.72. The van der Waals surface area contributed by atoms with Gasteiger partial charge in [0.25, 0.3) is 0 Å². The van der Waals surface area contributed by atoms with Gasteiger partial charge >= 0.3 is 0 Å². The van der Waals surface area contributed by atoms with Gasteiger partial charge in [-0.25, -0.2) is 0 Å². The van der Waals surface area contributed by atoms with E-state index in [1.54, 1.807) is 21.1 Å². The lowest BCUT2D eigenvalue weighted by molar-refractivity contribution is -0.116. The summed E-state index contributed by atoms with van der Waals surface area (Å²) < 4.78 is 16.7. The summed E-state index contributed by atoms with van der Waals surface area (Å²) in [5.74, 6) is 2.06. The summed E-state index contributed by atoms with van der Waals surface area (Å²) in [6.45, 7) is 2.29. The van der Waals surface area contributed by atoms with Crippen LogP contribution in [0.1, 0.15) is 24.5 Å². The lowest BCUT2D eigenvalue weighted by Gasteiger charge is -2.26. The zero-order valence-electron chi connectivity index (χ0n) is 17.0. The Balaban J connectivity index is 1.63. The summed E-state index contributed by atoms with van der Waals surface area (Å²) in [5.41, 5.74) is 2.81. The second-order valence-electron chi connectivity index (χ2n) is 7.00. The number of rotatable bonds is 9. The number of hydrogen-bond acceptors (Lipinski definition) is 6. The first-order chi connectivity index (χ1) is 14.0. The molecular formula is C22H28N2O5. The number of anilines is 1. The number of methoxy groups -OCH3 is 2. The number of carbonyl (C=O) groups excluding carboxylic acids is 1. The Kier molecular flexibility index (Phi) is 6.95. The summed E-state index contributed by atoms with van der Waals surface area (Å²) in [7, 11) is 3.22. The summed E-state index contributed by atoms with van der Waals surface area (Å²) in [6.07, 6.45) is 0.499. The molecule has 1 heterocycles. The van der Waals surface area contributed by atoms with Crippen LogP contribution in [0.5, 0.6) is 17.2 Å². The minimum absolute atomic E-state index is 0.00905. The Labute approximate surface area is 171 Å². The topological polar surface area (TPSA) is 89.1 Å². The first kappa shape index (κ1) is 21.0. The van der Waals surface area contributed by atoms with Gasteiger partial charge in [-0.15, -0.1) is 0 Å². The molecule has 7 heteroatoms. The molecule has 1 aliphatic heterocycles. The Hall–Kier alpha value is -2.77. The van der Waals surface area contributed by atoms with E-state index in [-0.39, 0.29) is 5.91 Å². The van der Waals surface area contributed by atoms with E-state index in [0.717, 1.165) is 23.2 Å². The molecule has 2 unspecified atom stereocenters. The van der Waals surface area contributed by atoms with Crippen LogP contribution in [0, 0.1) is 0 Å². The molecule has 2 aromatic rings. The van der Waals surface area contributed by atoms with Crippen molar-refractivity contribution in [2.45, 2.75) is 38.5 Å². The number of aliphatic hydroxyl groups excluding tert-OH is 1. The number of hydrogen-bond donors (Lipinski definition) is 3. The quantitative estimate of drug-likeness (QED) is 0.561. The maximum Gasteiger partial charge on any atom is 0.224 e. The fourth-order valence-corrected chi connectivity index (χ4v) is 3.34.